The van der Waals surface area contributed by atoms with Crippen molar-refractivity contribution in [3.8, 4) is 11.5 Å². The van der Waals surface area contributed by atoms with Gasteiger partial charge >= 0.3 is 12.1 Å². The Labute approximate surface area is 166 Å². The fourth-order valence-corrected chi connectivity index (χ4v) is 2.51. The number of ether oxygens (including phenoxy) is 2. The molecule has 0 bridgehead atoms. The fraction of sp³-hybridized carbons (Fsp3) is 0.300. The first-order valence-electron chi connectivity index (χ1n) is 8.67. The number of carbonyl (C=O) groups excluding carboxylic acids is 2. The van der Waals surface area contributed by atoms with Gasteiger partial charge in [-0.2, -0.15) is 13.2 Å². The number of carbonyl (C=O) groups is 2. The summed E-state index contributed by atoms with van der Waals surface area (Å²) >= 11 is 0. The Morgan fingerprint density at radius 3 is 2.14 bits per heavy atom. The molecule has 0 unspecified atom stereocenters. The maximum Gasteiger partial charge on any atom is 0.471 e. The highest BCUT2D eigenvalue weighted by atomic mass is 19.4. The summed E-state index contributed by atoms with van der Waals surface area (Å²) in [6, 6.07) is 11.6. The van der Waals surface area contributed by atoms with Gasteiger partial charge in [-0.15, -0.1) is 0 Å². The molecule has 2 amide bonds. The zero-order chi connectivity index (χ0) is 21.4. The van der Waals surface area contributed by atoms with Crippen LogP contribution in [0.25, 0.3) is 0 Å². The van der Waals surface area contributed by atoms with Crippen molar-refractivity contribution in [3.05, 3.63) is 53.6 Å². The number of nitrogens with one attached hydrogen (secondary N) is 2. The van der Waals surface area contributed by atoms with Crippen LogP contribution < -0.4 is 20.1 Å². The molecule has 0 saturated carbocycles. The van der Waals surface area contributed by atoms with Crippen molar-refractivity contribution in [2.24, 2.45) is 0 Å². The van der Waals surface area contributed by atoms with Crippen LogP contribution in [0.3, 0.4) is 0 Å². The average Bonchev–Trinajstić information content (AvgIpc) is 2.70. The second-order valence-electron chi connectivity index (χ2n) is 6.11. The molecule has 0 radical (unpaired) electrons. The highest BCUT2D eigenvalue weighted by Crippen LogP contribution is 2.28. The molecule has 0 saturated heterocycles. The zero-order valence-electron chi connectivity index (χ0n) is 15.9. The molecule has 0 aliphatic carbocycles. The smallest absolute Gasteiger partial charge is 0.471 e. The summed E-state index contributed by atoms with van der Waals surface area (Å²) in [5, 5.41) is 4.50. The first kappa shape index (κ1) is 22.1. The highest BCUT2D eigenvalue weighted by molar-refractivity contribution is 5.90. The lowest BCUT2D eigenvalue weighted by atomic mass is 10.1. The predicted octanol–water partition coefficient (Wildman–Crippen LogP) is 3.45. The van der Waals surface area contributed by atoms with Crippen LogP contribution in [0.15, 0.2) is 42.5 Å². The van der Waals surface area contributed by atoms with Gasteiger partial charge in [-0.1, -0.05) is 18.2 Å². The van der Waals surface area contributed by atoms with Crippen molar-refractivity contribution < 1.29 is 32.2 Å². The number of hydrogen-bond donors (Lipinski definition) is 2. The molecule has 2 N–H and O–H groups in total. The van der Waals surface area contributed by atoms with Crippen molar-refractivity contribution in [3.63, 3.8) is 0 Å². The van der Waals surface area contributed by atoms with E-state index in [0.29, 0.717) is 29.2 Å². The predicted molar refractivity (Wildman–Crippen MR) is 101 cm³/mol. The molecule has 2 rings (SSSR count). The number of halogens is 3. The Morgan fingerprint density at radius 2 is 1.55 bits per heavy atom. The van der Waals surface area contributed by atoms with Crippen LogP contribution in [0.5, 0.6) is 11.5 Å². The van der Waals surface area contributed by atoms with Gasteiger partial charge in [0, 0.05) is 18.7 Å². The molecular formula is C20H21F3N2O4. The summed E-state index contributed by atoms with van der Waals surface area (Å²) < 4.78 is 46.9. The molecule has 0 spiro atoms. The van der Waals surface area contributed by atoms with Crippen molar-refractivity contribution in [2.45, 2.75) is 25.6 Å². The summed E-state index contributed by atoms with van der Waals surface area (Å²) in [5.74, 6) is -1.02. The first-order valence-corrected chi connectivity index (χ1v) is 8.67. The van der Waals surface area contributed by atoms with Crippen LogP contribution in [0, 0.1) is 0 Å². The van der Waals surface area contributed by atoms with E-state index in [2.05, 4.69) is 5.32 Å². The van der Waals surface area contributed by atoms with Gasteiger partial charge in [0.2, 0.25) is 5.91 Å². The van der Waals surface area contributed by atoms with E-state index in [0.717, 1.165) is 5.56 Å². The SMILES string of the molecule is COc1ccc(CCC(=O)Nc2ccc(CNC(=O)C(F)(F)F)cc2)cc1OC. The first-order chi connectivity index (χ1) is 13.7. The van der Waals surface area contributed by atoms with Gasteiger partial charge in [0.15, 0.2) is 11.5 Å². The molecule has 0 aromatic heterocycles. The van der Waals surface area contributed by atoms with Crippen molar-refractivity contribution >= 4 is 17.5 Å². The van der Waals surface area contributed by atoms with Gasteiger partial charge in [0.25, 0.3) is 0 Å². The lowest BCUT2D eigenvalue weighted by Gasteiger charge is -2.10. The van der Waals surface area contributed by atoms with Crippen LogP contribution >= 0.6 is 0 Å². The normalized spacial score (nSPS) is 10.9. The number of hydrogen-bond acceptors (Lipinski definition) is 4. The van der Waals surface area contributed by atoms with Gasteiger partial charge in [-0.05, 0) is 41.8 Å². The van der Waals surface area contributed by atoms with E-state index in [9.17, 15) is 22.8 Å². The second-order valence-corrected chi connectivity index (χ2v) is 6.11. The Morgan fingerprint density at radius 1 is 0.931 bits per heavy atom. The number of anilines is 1. The third-order valence-corrected chi connectivity index (χ3v) is 4.04. The number of aryl methyl sites for hydroxylation is 1. The molecule has 0 aliphatic heterocycles. The van der Waals surface area contributed by atoms with E-state index in [1.807, 2.05) is 6.07 Å². The lowest BCUT2D eigenvalue weighted by Crippen LogP contribution is -2.36. The van der Waals surface area contributed by atoms with Crippen LogP contribution in [0.1, 0.15) is 17.5 Å². The Bertz CT molecular complexity index is 852. The number of rotatable bonds is 8. The minimum atomic E-state index is -4.91. The third-order valence-electron chi connectivity index (χ3n) is 4.04. The Kier molecular flexibility index (Phi) is 7.46. The number of methoxy groups -OCH3 is 2. The standard InChI is InChI=1S/C20H21F3N2O4/c1-28-16-9-5-13(11-17(16)29-2)6-10-18(26)25-15-7-3-14(4-8-15)12-24-19(27)20(21,22)23/h3-5,7-9,11H,6,10,12H2,1-2H3,(H,24,27)(H,25,26). The summed E-state index contributed by atoms with van der Waals surface area (Å²) in [4.78, 5) is 22.9. The van der Waals surface area contributed by atoms with E-state index in [1.165, 1.54) is 19.2 Å². The summed E-state index contributed by atoms with van der Waals surface area (Å²) in [5.41, 5.74) is 1.90. The number of amides is 2. The topological polar surface area (TPSA) is 76.7 Å². The highest BCUT2D eigenvalue weighted by Gasteiger charge is 2.38. The monoisotopic (exact) mass is 410 g/mol. The van der Waals surface area contributed by atoms with Gasteiger partial charge in [-0.3, -0.25) is 9.59 Å². The third kappa shape index (κ3) is 6.70. The molecule has 9 heteroatoms. The summed E-state index contributed by atoms with van der Waals surface area (Å²) in [6.07, 6.45) is -4.19. The molecule has 29 heavy (non-hydrogen) atoms. The molecular weight excluding hydrogens is 389 g/mol. The molecule has 0 atom stereocenters. The van der Waals surface area contributed by atoms with Gasteiger partial charge in [0.1, 0.15) is 0 Å². The van der Waals surface area contributed by atoms with E-state index in [1.54, 1.807) is 36.7 Å². The van der Waals surface area contributed by atoms with Crippen LogP contribution in [0.2, 0.25) is 0 Å². The average molecular weight is 410 g/mol. The summed E-state index contributed by atoms with van der Waals surface area (Å²) in [7, 11) is 3.08. The van der Waals surface area contributed by atoms with Crippen LogP contribution in [-0.4, -0.2) is 32.2 Å². The molecule has 2 aromatic rings. The molecule has 6 nitrogen and oxygen atoms in total. The van der Waals surface area contributed by atoms with Gasteiger partial charge in [0.05, 0.1) is 14.2 Å². The van der Waals surface area contributed by atoms with E-state index >= 15 is 0 Å². The zero-order valence-corrected chi connectivity index (χ0v) is 15.9. The van der Waals surface area contributed by atoms with Crippen molar-refractivity contribution in [2.75, 3.05) is 19.5 Å². The van der Waals surface area contributed by atoms with Crippen molar-refractivity contribution in [1.29, 1.82) is 0 Å². The van der Waals surface area contributed by atoms with E-state index in [-0.39, 0.29) is 18.9 Å². The molecule has 0 fully saturated rings. The van der Waals surface area contributed by atoms with Crippen LogP contribution in [-0.2, 0) is 22.6 Å². The number of alkyl halides is 3. The number of benzene rings is 2. The molecule has 2 aromatic carbocycles. The van der Waals surface area contributed by atoms with Gasteiger partial charge < -0.3 is 20.1 Å². The van der Waals surface area contributed by atoms with Crippen LogP contribution in [0.4, 0.5) is 18.9 Å². The van der Waals surface area contributed by atoms with Gasteiger partial charge in [-0.25, -0.2) is 0 Å². The fourth-order valence-electron chi connectivity index (χ4n) is 2.51. The Balaban J connectivity index is 1.84. The largest absolute Gasteiger partial charge is 0.493 e. The van der Waals surface area contributed by atoms with Crippen molar-refractivity contribution in [1.82, 2.24) is 5.32 Å². The lowest BCUT2D eigenvalue weighted by molar-refractivity contribution is -0.173. The quantitative estimate of drug-likeness (QED) is 0.699. The summed E-state index contributed by atoms with van der Waals surface area (Å²) in [6.45, 7) is -0.258. The molecule has 0 heterocycles. The Hall–Kier alpha value is -3.23. The molecule has 156 valence electrons. The minimum absolute atomic E-state index is 0.210. The molecule has 0 aliphatic rings. The maximum atomic E-state index is 12.2. The minimum Gasteiger partial charge on any atom is -0.493 e. The van der Waals surface area contributed by atoms with E-state index in [4.69, 9.17) is 9.47 Å². The maximum absolute atomic E-state index is 12.2. The second kappa shape index (κ2) is 9.81. The van der Waals surface area contributed by atoms with E-state index < -0.39 is 12.1 Å².